The molecule has 0 saturated heterocycles. The first-order valence-corrected chi connectivity index (χ1v) is 8.55. The van der Waals surface area contributed by atoms with Crippen LogP contribution in [0.15, 0.2) is 48.5 Å². The first-order chi connectivity index (χ1) is 11.3. The van der Waals surface area contributed by atoms with Crippen LogP contribution in [0.1, 0.15) is 45.6 Å². The normalized spacial score (nSPS) is 12.5. The third-order valence-electron chi connectivity index (χ3n) is 4.08. The van der Waals surface area contributed by atoms with E-state index in [1.54, 1.807) is 38.1 Å². The Morgan fingerprint density at radius 3 is 2.25 bits per heavy atom. The Kier molecular flexibility index (Phi) is 5.89. The van der Waals surface area contributed by atoms with Crippen molar-refractivity contribution in [3.63, 3.8) is 0 Å². The van der Waals surface area contributed by atoms with Crippen molar-refractivity contribution >= 4 is 23.2 Å². The Morgan fingerprint density at radius 1 is 1.12 bits per heavy atom. The number of hydrogen-bond acceptors (Lipinski definition) is 2. The fraction of sp³-hybridized carbons (Fsp3) is 0.350. The Labute approximate surface area is 149 Å². The maximum atomic E-state index is 12.5. The molecule has 24 heavy (non-hydrogen) atoms. The number of hydrogen-bond donors (Lipinski definition) is 1. The molecule has 1 amide bonds. The van der Waals surface area contributed by atoms with Crippen molar-refractivity contribution in [3.8, 4) is 5.75 Å². The molecular weight excluding hydrogens is 322 g/mol. The molecule has 1 atom stereocenters. The number of halogens is 1. The first-order valence-electron chi connectivity index (χ1n) is 8.18. The summed E-state index contributed by atoms with van der Waals surface area (Å²) < 4.78 is 5.80. The average Bonchev–Trinajstić information content (AvgIpc) is 2.56. The Bertz CT molecular complexity index is 678. The van der Waals surface area contributed by atoms with E-state index >= 15 is 0 Å². The van der Waals surface area contributed by atoms with Gasteiger partial charge in [0, 0.05) is 10.7 Å². The molecule has 0 radical (unpaired) electrons. The lowest BCUT2D eigenvalue weighted by Gasteiger charge is -2.25. The van der Waals surface area contributed by atoms with Crippen molar-refractivity contribution in [3.05, 3.63) is 59.1 Å². The van der Waals surface area contributed by atoms with E-state index in [1.165, 1.54) is 5.56 Å². The molecule has 4 heteroatoms. The van der Waals surface area contributed by atoms with Crippen LogP contribution in [0.3, 0.4) is 0 Å². The molecular formula is C20H24ClNO2. The van der Waals surface area contributed by atoms with Gasteiger partial charge < -0.3 is 10.1 Å². The van der Waals surface area contributed by atoms with Gasteiger partial charge in [0.2, 0.25) is 0 Å². The zero-order chi connectivity index (χ0) is 17.7. The fourth-order valence-electron chi connectivity index (χ4n) is 2.26. The molecule has 0 aliphatic heterocycles. The Morgan fingerprint density at radius 2 is 1.71 bits per heavy atom. The first kappa shape index (κ1) is 18.3. The lowest BCUT2D eigenvalue weighted by atomic mass is 9.98. The highest BCUT2D eigenvalue weighted by Crippen LogP contribution is 2.23. The number of carbonyl (C=O) groups excluding carboxylic acids is 1. The van der Waals surface area contributed by atoms with Gasteiger partial charge in [-0.25, -0.2) is 0 Å². The van der Waals surface area contributed by atoms with Crippen molar-refractivity contribution in [2.45, 2.75) is 45.6 Å². The van der Waals surface area contributed by atoms with E-state index in [0.717, 1.165) is 12.1 Å². The second-order valence-electron chi connectivity index (χ2n) is 6.45. The molecule has 0 spiro atoms. The predicted octanol–water partition coefficient (Wildman–Crippen LogP) is 5.65. The largest absolute Gasteiger partial charge is 0.478 e. The molecule has 0 aliphatic rings. The van der Waals surface area contributed by atoms with E-state index in [4.69, 9.17) is 16.3 Å². The summed E-state index contributed by atoms with van der Waals surface area (Å²) >= 11 is 5.86. The Hall–Kier alpha value is -2.00. The molecule has 0 unspecified atom stereocenters. The van der Waals surface area contributed by atoms with Crippen LogP contribution in [0.5, 0.6) is 5.75 Å². The number of nitrogens with one attached hydrogen (secondary N) is 1. The highest BCUT2D eigenvalue weighted by molar-refractivity contribution is 6.30. The van der Waals surface area contributed by atoms with Crippen LogP contribution in [-0.4, -0.2) is 11.5 Å². The monoisotopic (exact) mass is 345 g/mol. The fourth-order valence-corrected chi connectivity index (χ4v) is 2.38. The summed E-state index contributed by atoms with van der Waals surface area (Å²) in [7, 11) is 0. The quantitative estimate of drug-likeness (QED) is 0.734. The van der Waals surface area contributed by atoms with Crippen LogP contribution in [0, 0.1) is 0 Å². The zero-order valence-corrected chi connectivity index (χ0v) is 15.4. The minimum atomic E-state index is -0.997. The summed E-state index contributed by atoms with van der Waals surface area (Å²) in [4.78, 5) is 12.5. The number of carbonyl (C=O) groups is 1. The molecule has 1 N–H and O–H groups in total. The number of benzene rings is 2. The number of anilines is 1. The minimum absolute atomic E-state index is 0.200. The topological polar surface area (TPSA) is 38.3 Å². The molecule has 2 rings (SSSR count). The van der Waals surface area contributed by atoms with Crippen molar-refractivity contribution < 1.29 is 9.53 Å². The third-order valence-corrected chi connectivity index (χ3v) is 4.34. The highest BCUT2D eigenvalue weighted by atomic mass is 35.5. The highest BCUT2D eigenvalue weighted by Gasteiger charge is 2.30. The molecule has 128 valence electrons. The smallest absolute Gasteiger partial charge is 0.267 e. The predicted molar refractivity (Wildman–Crippen MR) is 99.9 cm³/mol. The van der Waals surface area contributed by atoms with Crippen molar-refractivity contribution in [1.29, 1.82) is 0 Å². The van der Waals surface area contributed by atoms with Crippen molar-refractivity contribution in [1.82, 2.24) is 0 Å². The Balaban J connectivity index is 2.03. The van der Waals surface area contributed by atoms with Crippen LogP contribution in [0.4, 0.5) is 5.69 Å². The summed E-state index contributed by atoms with van der Waals surface area (Å²) in [6.07, 6.45) is 1.09. The maximum absolute atomic E-state index is 12.5. The summed E-state index contributed by atoms with van der Waals surface area (Å²) in [6, 6.07) is 14.9. The summed E-state index contributed by atoms with van der Waals surface area (Å²) in [5.41, 5.74) is 1.04. The van der Waals surface area contributed by atoms with E-state index in [-0.39, 0.29) is 5.91 Å². The number of amides is 1. The molecule has 0 fully saturated rings. The third kappa shape index (κ3) is 4.75. The van der Waals surface area contributed by atoms with Gasteiger partial charge in [-0.2, -0.15) is 0 Å². The maximum Gasteiger partial charge on any atom is 0.267 e. The van der Waals surface area contributed by atoms with Gasteiger partial charge in [-0.15, -0.1) is 0 Å². The van der Waals surface area contributed by atoms with Crippen LogP contribution in [0.2, 0.25) is 5.02 Å². The van der Waals surface area contributed by atoms with Gasteiger partial charge in [-0.05, 0) is 68.1 Å². The van der Waals surface area contributed by atoms with Crippen LogP contribution in [0.25, 0.3) is 0 Å². The standard InChI is InChI=1S/C20H24ClNO2/c1-5-14(2)15-6-10-17(11-7-15)22-19(23)20(3,4)24-18-12-8-16(21)9-13-18/h6-14H,5H2,1-4H3,(H,22,23)/t14-/m1/s1. The SMILES string of the molecule is CC[C@@H](C)c1ccc(NC(=O)C(C)(C)Oc2ccc(Cl)cc2)cc1. The van der Waals surface area contributed by atoms with E-state index in [0.29, 0.717) is 16.7 Å². The van der Waals surface area contributed by atoms with Crippen LogP contribution >= 0.6 is 11.6 Å². The minimum Gasteiger partial charge on any atom is -0.478 e. The second kappa shape index (κ2) is 7.71. The van der Waals surface area contributed by atoms with Crippen LogP contribution < -0.4 is 10.1 Å². The molecule has 2 aromatic rings. The van der Waals surface area contributed by atoms with Crippen LogP contribution in [-0.2, 0) is 4.79 Å². The summed E-state index contributed by atoms with van der Waals surface area (Å²) in [5.74, 6) is 0.917. The van der Waals surface area contributed by atoms with E-state index in [1.807, 2.05) is 12.1 Å². The summed E-state index contributed by atoms with van der Waals surface area (Å²) in [6.45, 7) is 7.84. The van der Waals surface area contributed by atoms with Gasteiger partial charge in [-0.1, -0.05) is 37.6 Å². The molecule has 3 nitrogen and oxygen atoms in total. The van der Waals surface area contributed by atoms with Gasteiger partial charge in [0.25, 0.3) is 5.91 Å². The van der Waals surface area contributed by atoms with Gasteiger partial charge >= 0.3 is 0 Å². The number of ether oxygens (including phenoxy) is 1. The van der Waals surface area contributed by atoms with E-state index < -0.39 is 5.60 Å². The number of rotatable bonds is 6. The molecule has 0 saturated carbocycles. The second-order valence-corrected chi connectivity index (χ2v) is 6.89. The molecule has 0 bridgehead atoms. The molecule has 0 aliphatic carbocycles. The lowest BCUT2D eigenvalue weighted by Crippen LogP contribution is -2.42. The average molecular weight is 346 g/mol. The van der Waals surface area contributed by atoms with Gasteiger partial charge in [0.15, 0.2) is 5.60 Å². The van der Waals surface area contributed by atoms with E-state index in [9.17, 15) is 4.79 Å². The van der Waals surface area contributed by atoms with E-state index in [2.05, 4.69) is 31.3 Å². The summed E-state index contributed by atoms with van der Waals surface area (Å²) in [5, 5.41) is 3.54. The van der Waals surface area contributed by atoms with Gasteiger partial charge in [-0.3, -0.25) is 4.79 Å². The van der Waals surface area contributed by atoms with Gasteiger partial charge in [0.1, 0.15) is 5.75 Å². The zero-order valence-electron chi connectivity index (χ0n) is 14.6. The van der Waals surface area contributed by atoms with Crippen molar-refractivity contribution in [2.24, 2.45) is 0 Å². The van der Waals surface area contributed by atoms with Crippen molar-refractivity contribution in [2.75, 3.05) is 5.32 Å². The molecule has 2 aromatic carbocycles. The van der Waals surface area contributed by atoms with Gasteiger partial charge in [0.05, 0.1) is 0 Å². The molecule has 0 aromatic heterocycles. The molecule has 0 heterocycles. The lowest BCUT2D eigenvalue weighted by molar-refractivity contribution is -0.128.